The van der Waals surface area contributed by atoms with Gasteiger partial charge in [0.25, 0.3) is 11.5 Å². The van der Waals surface area contributed by atoms with Crippen molar-refractivity contribution in [3.05, 3.63) is 76.6 Å². The zero-order chi connectivity index (χ0) is 22.3. The molecule has 1 saturated heterocycles. The maximum absolute atomic E-state index is 13.3. The summed E-state index contributed by atoms with van der Waals surface area (Å²) in [4.78, 5) is 28.7. The number of rotatable bonds is 7. The van der Waals surface area contributed by atoms with Gasteiger partial charge in [0.1, 0.15) is 5.56 Å². The van der Waals surface area contributed by atoms with Crippen molar-refractivity contribution in [3.8, 4) is 22.4 Å². The number of nitrogens with zero attached hydrogens (tertiary/aromatic N) is 3. The van der Waals surface area contributed by atoms with Crippen molar-refractivity contribution < 1.29 is 9.53 Å². The maximum Gasteiger partial charge on any atom is 0.280 e. The smallest absolute Gasteiger partial charge is 0.280 e. The summed E-state index contributed by atoms with van der Waals surface area (Å²) in [6.45, 7) is 4.72. The third-order valence-corrected chi connectivity index (χ3v) is 5.62. The molecule has 1 aliphatic heterocycles. The van der Waals surface area contributed by atoms with E-state index in [9.17, 15) is 9.59 Å². The van der Waals surface area contributed by atoms with Gasteiger partial charge in [-0.25, -0.2) is 4.68 Å². The number of carbonyl (C=O) groups excluding carboxylic acids is 1. The Morgan fingerprint density at radius 3 is 2.28 bits per heavy atom. The van der Waals surface area contributed by atoms with Crippen LogP contribution in [0.5, 0.6) is 0 Å². The van der Waals surface area contributed by atoms with E-state index in [1.807, 2.05) is 60.7 Å². The van der Waals surface area contributed by atoms with Crippen LogP contribution in [0.15, 0.2) is 65.5 Å². The second-order valence-corrected chi connectivity index (χ2v) is 7.82. The van der Waals surface area contributed by atoms with Gasteiger partial charge in [-0.1, -0.05) is 60.7 Å². The van der Waals surface area contributed by atoms with Crippen molar-refractivity contribution in [3.63, 3.8) is 0 Å². The molecule has 1 N–H and O–H groups in total. The molecule has 3 aromatic rings. The summed E-state index contributed by atoms with van der Waals surface area (Å²) >= 11 is 0. The standard InChI is InChI=1S/C25H28N4O3/c1-28-25(31)22(24(30)26-13-8-14-29-15-17-32-18-16-29)21(19-9-4-2-5-10-19)23(27-28)20-11-6-3-7-12-20/h2-7,9-12H,8,13-18H2,1H3,(H,26,30). The molecule has 1 aromatic heterocycles. The van der Waals surface area contributed by atoms with Crippen LogP contribution in [0.1, 0.15) is 16.8 Å². The molecule has 0 unspecified atom stereocenters. The van der Waals surface area contributed by atoms with E-state index in [4.69, 9.17) is 4.74 Å². The van der Waals surface area contributed by atoms with Crippen LogP contribution < -0.4 is 10.9 Å². The number of hydrogen-bond acceptors (Lipinski definition) is 5. The van der Waals surface area contributed by atoms with Gasteiger partial charge in [-0.3, -0.25) is 14.5 Å². The summed E-state index contributed by atoms with van der Waals surface area (Å²) in [6, 6.07) is 19.1. The number of amides is 1. The molecule has 2 aromatic carbocycles. The third kappa shape index (κ3) is 4.95. The molecule has 0 atom stereocenters. The Bertz CT molecular complexity index is 1110. The van der Waals surface area contributed by atoms with E-state index < -0.39 is 5.56 Å². The van der Waals surface area contributed by atoms with Gasteiger partial charge in [0, 0.05) is 37.8 Å². The quantitative estimate of drug-likeness (QED) is 0.581. The van der Waals surface area contributed by atoms with E-state index in [-0.39, 0.29) is 11.5 Å². The van der Waals surface area contributed by atoms with Gasteiger partial charge in [-0.15, -0.1) is 0 Å². The number of benzene rings is 2. The average molecular weight is 433 g/mol. The third-order valence-electron chi connectivity index (χ3n) is 5.62. The highest BCUT2D eigenvalue weighted by molar-refractivity contribution is 6.03. The van der Waals surface area contributed by atoms with Crippen LogP contribution >= 0.6 is 0 Å². The van der Waals surface area contributed by atoms with E-state index in [1.54, 1.807) is 7.05 Å². The zero-order valence-corrected chi connectivity index (χ0v) is 18.3. The number of carbonyl (C=O) groups is 1. The molecule has 7 nitrogen and oxygen atoms in total. The second kappa shape index (κ2) is 10.3. The molecule has 0 aliphatic carbocycles. The molecule has 0 saturated carbocycles. The van der Waals surface area contributed by atoms with Crippen molar-refractivity contribution in [2.75, 3.05) is 39.4 Å². The monoisotopic (exact) mass is 432 g/mol. The first-order chi connectivity index (χ1) is 15.6. The minimum atomic E-state index is -0.408. The van der Waals surface area contributed by atoms with Crippen LogP contribution in [-0.2, 0) is 11.8 Å². The average Bonchev–Trinajstić information content (AvgIpc) is 2.84. The molecular formula is C25H28N4O3. The van der Waals surface area contributed by atoms with Crippen LogP contribution in [0.2, 0.25) is 0 Å². The Balaban J connectivity index is 1.65. The summed E-state index contributed by atoms with van der Waals surface area (Å²) in [6.07, 6.45) is 0.809. The largest absolute Gasteiger partial charge is 0.379 e. The van der Waals surface area contributed by atoms with E-state index in [1.165, 1.54) is 4.68 Å². The highest BCUT2D eigenvalue weighted by Gasteiger charge is 2.24. The van der Waals surface area contributed by atoms with Crippen molar-refractivity contribution in [1.29, 1.82) is 0 Å². The topological polar surface area (TPSA) is 76.5 Å². The number of aryl methyl sites for hydroxylation is 1. The first kappa shape index (κ1) is 21.9. The molecule has 1 amide bonds. The fraction of sp³-hybridized carbons (Fsp3) is 0.320. The lowest BCUT2D eigenvalue weighted by Crippen LogP contribution is -2.39. The van der Waals surface area contributed by atoms with Crippen LogP contribution in [0.25, 0.3) is 22.4 Å². The van der Waals surface area contributed by atoms with Gasteiger partial charge < -0.3 is 10.1 Å². The predicted octanol–water partition coefficient (Wildman–Crippen LogP) is 2.57. The van der Waals surface area contributed by atoms with Gasteiger partial charge in [0.2, 0.25) is 0 Å². The Labute approximate surface area is 187 Å². The highest BCUT2D eigenvalue weighted by atomic mass is 16.5. The van der Waals surface area contributed by atoms with Crippen LogP contribution in [0.4, 0.5) is 0 Å². The number of ether oxygens (including phenoxy) is 1. The summed E-state index contributed by atoms with van der Waals surface area (Å²) in [7, 11) is 1.58. The number of aromatic nitrogens is 2. The fourth-order valence-corrected chi connectivity index (χ4v) is 3.94. The molecule has 32 heavy (non-hydrogen) atoms. The Kier molecular flexibility index (Phi) is 7.09. The molecule has 1 fully saturated rings. The SMILES string of the molecule is Cn1nc(-c2ccccc2)c(-c2ccccc2)c(C(=O)NCCCN2CCOCC2)c1=O. The van der Waals surface area contributed by atoms with Gasteiger partial charge in [0.05, 0.1) is 18.9 Å². The first-order valence-electron chi connectivity index (χ1n) is 11.0. The minimum Gasteiger partial charge on any atom is -0.379 e. The lowest BCUT2D eigenvalue weighted by molar-refractivity contribution is 0.0374. The van der Waals surface area contributed by atoms with Crippen molar-refractivity contribution in [1.82, 2.24) is 20.0 Å². The Morgan fingerprint density at radius 1 is 1.00 bits per heavy atom. The minimum absolute atomic E-state index is 0.124. The predicted molar refractivity (Wildman–Crippen MR) is 125 cm³/mol. The van der Waals surface area contributed by atoms with Crippen molar-refractivity contribution in [2.45, 2.75) is 6.42 Å². The molecule has 1 aliphatic rings. The second-order valence-electron chi connectivity index (χ2n) is 7.82. The lowest BCUT2D eigenvalue weighted by atomic mass is 9.95. The van der Waals surface area contributed by atoms with E-state index in [0.717, 1.165) is 50.4 Å². The van der Waals surface area contributed by atoms with E-state index in [0.29, 0.717) is 17.8 Å². The van der Waals surface area contributed by atoms with Gasteiger partial charge in [-0.2, -0.15) is 5.10 Å². The van der Waals surface area contributed by atoms with E-state index >= 15 is 0 Å². The van der Waals surface area contributed by atoms with Crippen LogP contribution in [-0.4, -0.2) is 60.0 Å². The number of hydrogen-bond donors (Lipinski definition) is 1. The maximum atomic E-state index is 13.3. The lowest BCUT2D eigenvalue weighted by Gasteiger charge is -2.26. The molecule has 7 heteroatoms. The molecular weight excluding hydrogens is 404 g/mol. The first-order valence-corrected chi connectivity index (χ1v) is 11.0. The van der Waals surface area contributed by atoms with Crippen molar-refractivity contribution in [2.24, 2.45) is 7.05 Å². The van der Waals surface area contributed by atoms with E-state index in [2.05, 4.69) is 15.3 Å². The summed E-state index contributed by atoms with van der Waals surface area (Å²) in [5.74, 6) is -0.369. The highest BCUT2D eigenvalue weighted by Crippen LogP contribution is 2.31. The summed E-state index contributed by atoms with van der Waals surface area (Å²) < 4.78 is 6.62. The molecule has 0 bridgehead atoms. The molecule has 0 radical (unpaired) electrons. The van der Waals surface area contributed by atoms with Crippen molar-refractivity contribution >= 4 is 5.91 Å². The molecule has 0 spiro atoms. The Morgan fingerprint density at radius 2 is 1.62 bits per heavy atom. The molecule has 2 heterocycles. The Hall–Kier alpha value is -3.29. The summed E-state index contributed by atoms with van der Waals surface area (Å²) in [5, 5.41) is 7.48. The van der Waals surface area contributed by atoms with Gasteiger partial charge in [0.15, 0.2) is 0 Å². The summed E-state index contributed by atoms with van der Waals surface area (Å²) in [5.41, 5.74) is 2.52. The van der Waals surface area contributed by atoms with Gasteiger partial charge in [-0.05, 0) is 18.5 Å². The zero-order valence-electron chi connectivity index (χ0n) is 18.3. The number of morpholine rings is 1. The number of nitrogens with one attached hydrogen (secondary N) is 1. The van der Waals surface area contributed by atoms with Crippen LogP contribution in [0, 0.1) is 0 Å². The molecule has 166 valence electrons. The normalized spacial score (nSPS) is 14.3. The fourth-order valence-electron chi connectivity index (χ4n) is 3.94. The van der Waals surface area contributed by atoms with Crippen LogP contribution in [0.3, 0.4) is 0 Å². The molecule has 4 rings (SSSR count). The van der Waals surface area contributed by atoms with Gasteiger partial charge >= 0.3 is 0 Å².